The summed E-state index contributed by atoms with van der Waals surface area (Å²) in [6.45, 7) is 2.77. The SMILES string of the molecule is COC[C@H]1O[C@@H](N=CN)C[C@@H]1C. The first-order valence-corrected chi connectivity index (χ1v) is 4.15. The molecule has 0 radical (unpaired) electrons. The molecule has 4 heteroatoms. The van der Waals surface area contributed by atoms with Crippen molar-refractivity contribution in [2.24, 2.45) is 16.6 Å². The lowest BCUT2D eigenvalue weighted by molar-refractivity contribution is -0.00802. The Morgan fingerprint density at radius 2 is 2.50 bits per heavy atom. The molecule has 1 aliphatic heterocycles. The Labute approximate surface area is 72.8 Å². The topological polar surface area (TPSA) is 56.8 Å². The summed E-state index contributed by atoms with van der Waals surface area (Å²) in [5.74, 6) is 0.499. The Kier molecular flexibility index (Phi) is 3.49. The van der Waals surface area contributed by atoms with Crippen molar-refractivity contribution in [2.75, 3.05) is 13.7 Å². The highest BCUT2D eigenvalue weighted by Gasteiger charge is 2.31. The first-order chi connectivity index (χ1) is 5.77. The molecular formula is C8H16N2O2. The van der Waals surface area contributed by atoms with E-state index in [1.54, 1.807) is 7.11 Å². The van der Waals surface area contributed by atoms with E-state index in [9.17, 15) is 0 Å². The van der Waals surface area contributed by atoms with Crippen molar-refractivity contribution in [3.63, 3.8) is 0 Å². The fourth-order valence-corrected chi connectivity index (χ4v) is 1.42. The minimum atomic E-state index is -0.0647. The highest BCUT2D eigenvalue weighted by atomic mass is 16.5. The summed E-state index contributed by atoms with van der Waals surface area (Å²) in [6.07, 6.45) is 2.34. The number of methoxy groups -OCH3 is 1. The van der Waals surface area contributed by atoms with Crippen LogP contribution >= 0.6 is 0 Å². The standard InChI is InChI=1S/C8H16N2O2/c1-6-3-8(10-5-9)12-7(6)4-11-2/h5-8H,3-4H2,1-2H3,(H2,9,10)/t6-,7+,8+/m0/s1. The molecule has 0 bridgehead atoms. The van der Waals surface area contributed by atoms with Crippen LogP contribution in [0.25, 0.3) is 0 Å². The molecule has 0 aromatic heterocycles. The van der Waals surface area contributed by atoms with Gasteiger partial charge >= 0.3 is 0 Å². The van der Waals surface area contributed by atoms with Gasteiger partial charge in [-0.2, -0.15) is 0 Å². The van der Waals surface area contributed by atoms with Gasteiger partial charge in [-0.05, 0) is 12.3 Å². The molecule has 1 rings (SSSR count). The van der Waals surface area contributed by atoms with Crippen LogP contribution in [0, 0.1) is 5.92 Å². The number of nitrogens with zero attached hydrogens (tertiary/aromatic N) is 1. The van der Waals surface area contributed by atoms with Gasteiger partial charge in [0.15, 0.2) is 6.23 Å². The zero-order chi connectivity index (χ0) is 8.97. The van der Waals surface area contributed by atoms with Crippen LogP contribution in [0.2, 0.25) is 0 Å². The van der Waals surface area contributed by atoms with Crippen LogP contribution in [-0.4, -0.2) is 32.4 Å². The van der Waals surface area contributed by atoms with Gasteiger partial charge in [0.05, 0.1) is 19.0 Å². The Bertz CT molecular complexity index is 161. The highest BCUT2D eigenvalue weighted by Crippen LogP contribution is 2.26. The molecule has 0 spiro atoms. The Hall–Kier alpha value is -0.610. The van der Waals surface area contributed by atoms with Crippen LogP contribution in [-0.2, 0) is 9.47 Å². The van der Waals surface area contributed by atoms with E-state index in [0.29, 0.717) is 12.5 Å². The number of hydrogen-bond donors (Lipinski definition) is 1. The average molecular weight is 172 g/mol. The van der Waals surface area contributed by atoms with E-state index >= 15 is 0 Å². The zero-order valence-electron chi connectivity index (χ0n) is 7.56. The molecule has 1 saturated heterocycles. The van der Waals surface area contributed by atoms with Crippen LogP contribution < -0.4 is 5.73 Å². The molecule has 2 N–H and O–H groups in total. The Balaban J connectivity index is 2.39. The van der Waals surface area contributed by atoms with E-state index in [0.717, 1.165) is 6.42 Å². The average Bonchev–Trinajstić information content (AvgIpc) is 2.34. The van der Waals surface area contributed by atoms with Crippen molar-refractivity contribution in [1.82, 2.24) is 0 Å². The molecule has 3 atom stereocenters. The molecule has 0 unspecified atom stereocenters. The molecule has 0 aromatic carbocycles. The molecule has 70 valence electrons. The summed E-state index contributed by atoms with van der Waals surface area (Å²) in [5, 5.41) is 0. The van der Waals surface area contributed by atoms with Gasteiger partial charge in [0, 0.05) is 7.11 Å². The molecular weight excluding hydrogens is 156 g/mol. The summed E-state index contributed by atoms with van der Waals surface area (Å²) < 4.78 is 10.6. The molecule has 4 nitrogen and oxygen atoms in total. The third-order valence-corrected chi connectivity index (χ3v) is 2.12. The second kappa shape index (κ2) is 4.42. The van der Waals surface area contributed by atoms with Crippen molar-refractivity contribution in [3.8, 4) is 0 Å². The van der Waals surface area contributed by atoms with Crippen LogP contribution in [0.1, 0.15) is 13.3 Å². The van der Waals surface area contributed by atoms with Gasteiger partial charge in [-0.25, -0.2) is 4.99 Å². The third-order valence-electron chi connectivity index (χ3n) is 2.12. The van der Waals surface area contributed by atoms with Gasteiger partial charge < -0.3 is 15.2 Å². The third kappa shape index (κ3) is 2.19. The summed E-state index contributed by atoms with van der Waals surface area (Å²) in [6, 6.07) is 0. The highest BCUT2D eigenvalue weighted by molar-refractivity contribution is 5.51. The molecule has 1 heterocycles. The van der Waals surface area contributed by atoms with Gasteiger partial charge in [-0.3, -0.25) is 0 Å². The van der Waals surface area contributed by atoms with Gasteiger partial charge in [0.2, 0.25) is 0 Å². The van der Waals surface area contributed by atoms with Crippen molar-refractivity contribution < 1.29 is 9.47 Å². The lowest BCUT2D eigenvalue weighted by Crippen LogP contribution is -2.20. The van der Waals surface area contributed by atoms with E-state index in [1.807, 2.05) is 0 Å². The monoisotopic (exact) mass is 172 g/mol. The maximum atomic E-state index is 5.55. The quantitative estimate of drug-likeness (QED) is 0.494. The number of rotatable bonds is 3. The van der Waals surface area contributed by atoms with E-state index in [4.69, 9.17) is 15.2 Å². The fraction of sp³-hybridized carbons (Fsp3) is 0.875. The predicted molar refractivity (Wildman–Crippen MR) is 47.0 cm³/mol. The molecule has 0 saturated carbocycles. The summed E-state index contributed by atoms with van der Waals surface area (Å²) in [4.78, 5) is 3.98. The van der Waals surface area contributed by atoms with Crippen LogP contribution in [0.4, 0.5) is 0 Å². The molecule has 0 aliphatic carbocycles. The second-order valence-electron chi connectivity index (χ2n) is 3.10. The molecule has 0 aromatic rings. The smallest absolute Gasteiger partial charge is 0.150 e. The second-order valence-corrected chi connectivity index (χ2v) is 3.10. The normalized spacial score (nSPS) is 36.3. The van der Waals surface area contributed by atoms with E-state index < -0.39 is 0 Å². The zero-order valence-corrected chi connectivity index (χ0v) is 7.56. The number of nitrogens with two attached hydrogens (primary N) is 1. The van der Waals surface area contributed by atoms with E-state index in [1.165, 1.54) is 6.34 Å². The Morgan fingerprint density at radius 1 is 1.75 bits per heavy atom. The fourth-order valence-electron chi connectivity index (χ4n) is 1.42. The molecule has 0 amide bonds. The number of ether oxygens (including phenoxy) is 2. The summed E-state index contributed by atoms with van der Waals surface area (Å²) in [5.41, 5.74) is 5.17. The molecule has 12 heavy (non-hydrogen) atoms. The minimum absolute atomic E-state index is 0.0647. The van der Waals surface area contributed by atoms with E-state index in [-0.39, 0.29) is 12.3 Å². The summed E-state index contributed by atoms with van der Waals surface area (Å²) >= 11 is 0. The van der Waals surface area contributed by atoms with E-state index in [2.05, 4.69) is 11.9 Å². The van der Waals surface area contributed by atoms with Crippen molar-refractivity contribution in [3.05, 3.63) is 0 Å². The van der Waals surface area contributed by atoms with Crippen molar-refractivity contribution in [2.45, 2.75) is 25.7 Å². The van der Waals surface area contributed by atoms with Gasteiger partial charge in [0.1, 0.15) is 0 Å². The number of aliphatic imine (C=N–C) groups is 1. The van der Waals surface area contributed by atoms with Gasteiger partial charge in [0.25, 0.3) is 0 Å². The van der Waals surface area contributed by atoms with Crippen LogP contribution in [0.3, 0.4) is 0 Å². The first-order valence-electron chi connectivity index (χ1n) is 4.15. The number of hydrogen-bond acceptors (Lipinski definition) is 3. The summed E-state index contributed by atoms with van der Waals surface area (Å²) in [7, 11) is 1.68. The first kappa shape index (κ1) is 9.48. The van der Waals surface area contributed by atoms with Crippen molar-refractivity contribution in [1.29, 1.82) is 0 Å². The lowest BCUT2D eigenvalue weighted by atomic mass is 10.0. The minimum Gasteiger partial charge on any atom is -0.390 e. The maximum absolute atomic E-state index is 5.55. The Morgan fingerprint density at radius 3 is 3.08 bits per heavy atom. The largest absolute Gasteiger partial charge is 0.390 e. The maximum Gasteiger partial charge on any atom is 0.150 e. The van der Waals surface area contributed by atoms with Gasteiger partial charge in [-0.15, -0.1) is 0 Å². The van der Waals surface area contributed by atoms with Crippen LogP contribution in [0.5, 0.6) is 0 Å². The van der Waals surface area contributed by atoms with Gasteiger partial charge in [-0.1, -0.05) is 6.92 Å². The molecule has 1 aliphatic rings. The predicted octanol–water partition coefficient (Wildman–Crippen LogP) is 0.371. The lowest BCUT2D eigenvalue weighted by Gasteiger charge is -2.12. The van der Waals surface area contributed by atoms with Crippen molar-refractivity contribution >= 4 is 6.34 Å². The van der Waals surface area contributed by atoms with Crippen LogP contribution in [0.15, 0.2) is 4.99 Å². The molecule has 1 fully saturated rings.